The summed E-state index contributed by atoms with van der Waals surface area (Å²) in [7, 11) is 1.63. The molecule has 2 heterocycles. The van der Waals surface area contributed by atoms with Crippen molar-refractivity contribution >= 4 is 40.2 Å². The van der Waals surface area contributed by atoms with E-state index in [2.05, 4.69) is 20.6 Å². The summed E-state index contributed by atoms with van der Waals surface area (Å²) in [6, 6.07) is 22.4. The van der Waals surface area contributed by atoms with Crippen LogP contribution in [0.25, 0.3) is 33.3 Å². The largest absolute Gasteiger partial charge is 0.323 e. The highest BCUT2D eigenvalue weighted by atomic mass is 32.2. The zero-order valence-electron chi connectivity index (χ0n) is 20.0. The number of rotatable bonds is 5. The monoisotopic (exact) mass is 511 g/mol. The maximum absolute atomic E-state index is 14.6. The van der Waals surface area contributed by atoms with Gasteiger partial charge in [-0.05, 0) is 53.3 Å². The van der Waals surface area contributed by atoms with Crippen LogP contribution in [0.15, 0.2) is 95.0 Å². The molecule has 0 fully saturated rings. The quantitative estimate of drug-likeness (QED) is 0.218. The van der Waals surface area contributed by atoms with Gasteiger partial charge in [0.25, 0.3) is 5.56 Å². The Morgan fingerprint density at radius 3 is 2.35 bits per heavy atom. The fourth-order valence-corrected chi connectivity index (χ4v) is 4.32. The first-order valence-electron chi connectivity index (χ1n) is 11.4. The Morgan fingerprint density at radius 2 is 1.62 bits per heavy atom. The molecule has 2 aromatic heterocycles. The van der Waals surface area contributed by atoms with Crippen LogP contribution in [0.2, 0.25) is 0 Å². The van der Waals surface area contributed by atoms with Crippen molar-refractivity contribution in [2.24, 2.45) is 7.05 Å². The van der Waals surface area contributed by atoms with Crippen molar-refractivity contribution in [3.8, 4) is 22.3 Å². The van der Waals surface area contributed by atoms with Gasteiger partial charge >= 0.3 is 6.03 Å². The van der Waals surface area contributed by atoms with E-state index in [9.17, 15) is 14.0 Å². The zero-order chi connectivity index (χ0) is 25.9. The molecule has 9 heteroatoms. The molecule has 0 spiro atoms. The van der Waals surface area contributed by atoms with E-state index in [-0.39, 0.29) is 11.2 Å². The lowest BCUT2D eigenvalue weighted by molar-refractivity contribution is 0.262. The molecule has 5 rings (SSSR count). The minimum absolute atomic E-state index is 0.0490. The molecule has 2 N–H and O–H groups in total. The molecule has 37 heavy (non-hydrogen) atoms. The maximum atomic E-state index is 14.6. The smallest absolute Gasteiger partial charge is 0.308 e. The first kappa shape index (κ1) is 24.2. The third kappa shape index (κ3) is 5.07. The minimum atomic E-state index is -0.621. The zero-order valence-corrected chi connectivity index (χ0v) is 20.8. The third-order valence-electron chi connectivity index (χ3n) is 5.88. The van der Waals surface area contributed by atoms with Gasteiger partial charge < -0.3 is 10.6 Å². The van der Waals surface area contributed by atoms with Crippen LogP contribution in [0.4, 0.5) is 20.6 Å². The lowest BCUT2D eigenvalue weighted by Gasteiger charge is -2.12. The van der Waals surface area contributed by atoms with Gasteiger partial charge in [0.1, 0.15) is 11.5 Å². The molecule has 3 aromatic carbocycles. The Morgan fingerprint density at radius 1 is 0.919 bits per heavy atom. The molecule has 5 aromatic rings. The lowest BCUT2D eigenvalue weighted by atomic mass is 10.1. The van der Waals surface area contributed by atoms with Crippen molar-refractivity contribution in [2.45, 2.75) is 5.16 Å². The van der Waals surface area contributed by atoms with Gasteiger partial charge in [0.2, 0.25) is 0 Å². The topological polar surface area (TPSA) is 88.9 Å². The van der Waals surface area contributed by atoms with Crippen molar-refractivity contribution in [2.75, 3.05) is 16.9 Å². The molecule has 0 unspecified atom stereocenters. The predicted molar refractivity (Wildman–Crippen MR) is 146 cm³/mol. The average molecular weight is 512 g/mol. The summed E-state index contributed by atoms with van der Waals surface area (Å²) in [5, 5.41) is 6.48. The van der Waals surface area contributed by atoms with Crippen molar-refractivity contribution in [1.82, 2.24) is 14.5 Å². The van der Waals surface area contributed by atoms with Gasteiger partial charge in [-0.3, -0.25) is 9.36 Å². The van der Waals surface area contributed by atoms with Gasteiger partial charge in [-0.1, -0.05) is 60.3 Å². The summed E-state index contributed by atoms with van der Waals surface area (Å²) in [5.74, 6) is -0.621. The maximum Gasteiger partial charge on any atom is 0.323 e. The molecule has 0 aliphatic heterocycles. The van der Waals surface area contributed by atoms with Crippen LogP contribution in [-0.4, -0.2) is 26.8 Å². The van der Waals surface area contributed by atoms with E-state index in [0.29, 0.717) is 33.0 Å². The molecular formula is C28H22FN5O2S. The second-order valence-corrected chi connectivity index (χ2v) is 9.05. The number of aromatic nitrogens is 3. The first-order valence-corrected chi connectivity index (χ1v) is 12.6. The Bertz CT molecular complexity index is 1670. The average Bonchev–Trinajstić information content (AvgIpc) is 2.92. The number of amides is 2. The molecule has 0 atom stereocenters. The number of hydrogen-bond donors (Lipinski definition) is 2. The highest BCUT2D eigenvalue weighted by molar-refractivity contribution is 7.98. The van der Waals surface area contributed by atoms with Crippen molar-refractivity contribution in [1.29, 1.82) is 0 Å². The highest BCUT2D eigenvalue weighted by Gasteiger charge is 2.14. The summed E-state index contributed by atoms with van der Waals surface area (Å²) in [6.07, 6.45) is 3.51. The van der Waals surface area contributed by atoms with E-state index in [1.807, 2.05) is 48.7 Å². The number of halogens is 1. The number of urea groups is 1. The molecule has 7 nitrogen and oxygen atoms in total. The molecule has 184 valence electrons. The second-order valence-electron chi connectivity index (χ2n) is 8.27. The van der Waals surface area contributed by atoms with Gasteiger partial charge in [-0.15, -0.1) is 0 Å². The first-order chi connectivity index (χ1) is 17.9. The third-order valence-corrected chi connectivity index (χ3v) is 6.45. The number of fused-ring (bicyclic) bond motifs is 1. The molecule has 2 amide bonds. The number of aryl methyl sites for hydroxylation is 1. The molecule has 0 aliphatic rings. The molecule has 0 saturated carbocycles. The number of pyridine rings is 1. The van der Waals surface area contributed by atoms with E-state index in [4.69, 9.17) is 0 Å². The number of carbonyl (C=O) groups excluding carboxylic acids is 1. The number of nitrogens with one attached hydrogen (secondary N) is 2. The predicted octanol–water partition coefficient (Wildman–Crippen LogP) is 6.17. The van der Waals surface area contributed by atoms with Crippen LogP contribution >= 0.6 is 11.8 Å². The summed E-state index contributed by atoms with van der Waals surface area (Å²) >= 11 is 1.38. The number of nitrogens with zero attached hydrogens (tertiary/aromatic N) is 3. The Hall–Kier alpha value is -4.50. The number of anilines is 2. The molecule has 0 aliphatic carbocycles. The summed E-state index contributed by atoms with van der Waals surface area (Å²) in [6.45, 7) is 0. The van der Waals surface area contributed by atoms with Crippen LogP contribution in [0.5, 0.6) is 0 Å². The van der Waals surface area contributed by atoms with Crippen LogP contribution in [0, 0.1) is 5.82 Å². The number of hydrogen-bond acceptors (Lipinski definition) is 5. The van der Waals surface area contributed by atoms with Gasteiger partial charge in [-0.2, -0.15) is 0 Å². The number of benzene rings is 3. The Balaban J connectivity index is 1.38. The standard InChI is InChI=1S/C28H22FN5O2S/c1-34-25-20(16-30-28(33-25)37-2)14-22(26(34)35)19-10-13-23(29)24(15-19)32-27(36)31-21-11-8-18(9-12-21)17-6-4-3-5-7-17/h3-16H,1-2H3,(H2,31,32,36). The van der Waals surface area contributed by atoms with Crippen LogP contribution in [0.3, 0.4) is 0 Å². The van der Waals surface area contributed by atoms with Crippen molar-refractivity contribution in [3.05, 3.63) is 101 Å². The SMILES string of the molecule is CSc1ncc2cc(-c3ccc(F)c(NC(=O)Nc4ccc(-c5ccccc5)cc4)c3)c(=O)n(C)c2n1. The molecule has 0 radical (unpaired) electrons. The fraction of sp³-hybridized carbons (Fsp3) is 0.0714. The van der Waals surface area contributed by atoms with E-state index in [1.165, 1.54) is 34.5 Å². The normalized spacial score (nSPS) is 10.9. The van der Waals surface area contributed by atoms with E-state index < -0.39 is 11.8 Å². The summed E-state index contributed by atoms with van der Waals surface area (Å²) in [4.78, 5) is 34.4. The Kier molecular flexibility index (Phi) is 6.70. The summed E-state index contributed by atoms with van der Waals surface area (Å²) in [5.41, 5.74) is 3.60. The fourth-order valence-electron chi connectivity index (χ4n) is 3.99. The van der Waals surface area contributed by atoms with Gasteiger partial charge in [0.05, 0.1) is 5.69 Å². The summed E-state index contributed by atoms with van der Waals surface area (Å²) < 4.78 is 16.0. The minimum Gasteiger partial charge on any atom is -0.308 e. The van der Waals surface area contributed by atoms with Crippen LogP contribution < -0.4 is 16.2 Å². The van der Waals surface area contributed by atoms with Crippen molar-refractivity contribution < 1.29 is 9.18 Å². The van der Waals surface area contributed by atoms with Crippen LogP contribution in [-0.2, 0) is 7.05 Å². The second kappa shape index (κ2) is 10.2. The number of carbonyl (C=O) groups is 1. The van der Waals surface area contributed by atoms with E-state index >= 15 is 0 Å². The van der Waals surface area contributed by atoms with E-state index in [1.54, 1.807) is 31.4 Å². The lowest BCUT2D eigenvalue weighted by Crippen LogP contribution is -2.21. The van der Waals surface area contributed by atoms with Gasteiger partial charge in [-0.25, -0.2) is 19.2 Å². The number of thioether (sulfide) groups is 1. The van der Waals surface area contributed by atoms with Gasteiger partial charge in [0, 0.05) is 29.9 Å². The molecule has 0 bridgehead atoms. The van der Waals surface area contributed by atoms with Crippen molar-refractivity contribution in [3.63, 3.8) is 0 Å². The van der Waals surface area contributed by atoms with Crippen LogP contribution in [0.1, 0.15) is 0 Å². The van der Waals surface area contributed by atoms with Gasteiger partial charge in [0.15, 0.2) is 5.16 Å². The molecular weight excluding hydrogens is 489 g/mol. The Labute approximate surface area is 216 Å². The molecule has 0 saturated heterocycles. The highest BCUT2D eigenvalue weighted by Crippen LogP contribution is 2.26. The van der Waals surface area contributed by atoms with E-state index in [0.717, 1.165) is 11.1 Å².